The molecule has 2 N–H and O–H groups in total. The van der Waals surface area contributed by atoms with Crippen LogP contribution in [0.15, 0.2) is 47.4 Å². The van der Waals surface area contributed by atoms with Gasteiger partial charge in [-0.25, -0.2) is 9.35 Å². The highest BCUT2D eigenvalue weighted by Gasteiger charge is 2.39. The molecule has 3 aromatic rings. The van der Waals surface area contributed by atoms with Crippen molar-refractivity contribution in [1.82, 2.24) is 14.5 Å². The van der Waals surface area contributed by atoms with Crippen molar-refractivity contribution in [1.29, 1.82) is 5.26 Å². The molecular formula is C25H27Cl2F2N6O2PS. The Labute approximate surface area is 240 Å². The summed E-state index contributed by atoms with van der Waals surface area (Å²) in [5.41, 5.74) is 0.972. The first-order valence-electron chi connectivity index (χ1n) is 11.9. The van der Waals surface area contributed by atoms with Crippen LogP contribution in [0.3, 0.4) is 0 Å². The van der Waals surface area contributed by atoms with Crippen LogP contribution < -0.4 is 15.7 Å². The standard InChI is InChI=1S/C25H27Cl2F2N6O2PS/c1-4-34(5-2)38(37,33-18-8-10-19(11-9-18)39-25(28)29)22-16(3)32-35(14-6-13-30)23(22)31-24(36)20-12-7-17(26)15-21(20)27/h7-12,15,25H,4-6,14H2,1-3H3,(H,31,36)(H,33,37). The van der Waals surface area contributed by atoms with Crippen molar-refractivity contribution < 1.29 is 18.1 Å². The summed E-state index contributed by atoms with van der Waals surface area (Å²) in [7, 11) is -3.71. The number of nitrogens with zero attached hydrogens (tertiary/aromatic N) is 4. The van der Waals surface area contributed by atoms with Crippen molar-refractivity contribution in [3.05, 3.63) is 63.8 Å². The second-order valence-electron chi connectivity index (χ2n) is 8.22. The van der Waals surface area contributed by atoms with Crippen LogP contribution in [0.1, 0.15) is 36.3 Å². The van der Waals surface area contributed by atoms with Crippen LogP contribution >= 0.6 is 42.4 Å². The van der Waals surface area contributed by atoms with Crippen LogP contribution in [0.5, 0.6) is 0 Å². The van der Waals surface area contributed by atoms with Crippen LogP contribution in [-0.4, -0.2) is 39.2 Å². The van der Waals surface area contributed by atoms with Crippen molar-refractivity contribution in [2.75, 3.05) is 23.5 Å². The quantitative estimate of drug-likeness (QED) is 0.163. The van der Waals surface area contributed by atoms with Gasteiger partial charge < -0.3 is 10.4 Å². The SMILES string of the molecule is CCN(CC)P(=O)(Nc1ccc(SC(F)F)cc1)c1c(C)nn(CCC#N)c1NC(=O)c1ccc(Cl)cc1Cl. The number of alkyl halides is 2. The van der Waals surface area contributed by atoms with E-state index in [4.69, 9.17) is 23.2 Å². The molecule has 0 aliphatic carbocycles. The summed E-state index contributed by atoms with van der Waals surface area (Å²) in [6.07, 6.45) is 0.0946. The molecular weight excluding hydrogens is 588 g/mol. The van der Waals surface area contributed by atoms with Crippen LogP contribution in [0, 0.1) is 18.3 Å². The van der Waals surface area contributed by atoms with E-state index in [0.717, 1.165) is 0 Å². The van der Waals surface area contributed by atoms with Crippen molar-refractivity contribution in [3.8, 4) is 6.07 Å². The fourth-order valence-corrected chi connectivity index (χ4v) is 7.77. The molecule has 1 atom stereocenters. The Morgan fingerprint density at radius 1 is 1.21 bits per heavy atom. The Balaban J connectivity index is 2.13. The van der Waals surface area contributed by atoms with Gasteiger partial charge in [-0.2, -0.15) is 19.1 Å². The summed E-state index contributed by atoms with van der Waals surface area (Å²) in [5.74, 6) is -2.98. The van der Waals surface area contributed by atoms with Crippen molar-refractivity contribution >= 4 is 65.1 Å². The van der Waals surface area contributed by atoms with Gasteiger partial charge in [0.2, 0.25) is 0 Å². The maximum Gasteiger partial charge on any atom is 0.288 e. The molecule has 0 saturated heterocycles. The van der Waals surface area contributed by atoms with E-state index in [9.17, 15) is 23.4 Å². The average Bonchev–Trinajstić information content (AvgIpc) is 3.19. The molecule has 208 valence electrons. The van der Waals surface area contributed by atoms with E-state index >= 15 is 0 Å². The number of benzene rings is 2. The predicted molar refractivity (Wildman–Crippen MR) is 154 cm³/mol. The zero-order valence-electron chi connectivity index (χ0n) is 21.4. The molecule has 2 aromatic carbocycles. The van der Waals surface area contributed by atoms with Gasteiger partial charge in [0.25, 0.3) is 19.1 Å². The number of thioether (sulfide) groups is 1. The van der Waals surface area contributed by atoms with Gasteiger partial charge in [-0.1, -0.05) is 48.8 Å². The molecule has 14 heteroatoms. The number of carbonyl (C=O) groups is 1. The number of amides is 1. The molecule has 0 bridgehead atoms. The minimum atomic E-state index is -3.71. The molecule has 0 aliphatic rings. The maximum absolute atomic E-state index is 14.9. The molecule has 8 nitrogen and oxygen atoms in total. The molecule has 1 aromatic heterocycles. The first-order valence-corrected chi connectivity index (χ1v) is 15.2. The molecule has 39 heavy (non-hydrogen) atoms. The number of anilines is 2. The minimum absolute atomic E-state index is 0.0946. The van der Waals surface area contributed by atoms with E-state index < -0.39 is 19.1 Å². The fourth-order valence-electron chi connectivity index (χ4n) is 4.00. The third-order valence-electron chi connectivity index (χ3n) is 5.73. The highest BCUT2D eigenvalue weighted by Crippen LogP contribution is 2.51. The smallest absolute Gasteiger partial charge is 0.288 e. The van der Waals surface area contributed by atoms with Gasteiger partial charge in [0.05, 0.1) is 35.3 Å². The van der Waals surface area contributed by atoms with Gasteiger partial charge in [0, 0.05) is 28.7 Å². The number of aromatic nitrogens is 2. The first kappa shape index (κ1) is 30.9. The lowest BCUT2D eigenvalue weighted by atomic mass is 10.2. The number of hydrogen-bond acceptors (Lipinski definition) is 5. The topological polar surface area (TPSA) is 103 Å². The second kappa shape index (κ2) is 13.6. The van der Waals surface area contributed by atoms with Crippen LogP contribution in [0.4, 0.5) is 20.3 Å². The number of nitriles is 1. The molecule has 0 aliphatic heterocycles. The van der Waals surface area contributed by atoms with Crippen LogP contribution in [-0.2, 0) is 11.1 Å². The molecule has 0 saturated carbocycles. The number of carbonyl (C=O) groups excluding carboxylic acids is 1. The van der Waals surface area contributed by atoms with E-state index in [-0.39, 0.29) is 34.7 Å². The third-order valence-corrected chi connectivity index (χ3v) is 10.1. The summed E-state index contributed by atoms with van der Waals surface area (Å²) in [6, 6.07) is 12.7. The lowest BCUT2D eigenvalue weighted by Gasteiger charge is -2.31. The van der Waals surface area contributed by atoms with Crippen LogP contribution in [0.25, 0.3) is 0 Å². The van der Waals surface area contributed by atoms with Crippen molar-refractivity contribution in [2.24, 2.45) is 0 Å². The van der Waals surface area contributed by atoms with Crippen molar-refractivity contribution in [2.45, 2.75) is 44.4 Å². The molecule has 0 spiro atoms. The second-order valence-corrected chi connectivity index (χ2v) is 12.5. The van der Waals surface area contributed by atoms with E-state index in [1.165, 1.54) is 35.0 Å². The third kappa shape index (κ3) is 7.33. The highest BCUT2D eigenvalue weighted by atomic mass is 35.5. The first-order chi connectivity index (χ1) is 18.5. The number of hydrogen-bond donors (Lipinski definition) is 2. The highest BCUT2D eigenvalue weighted by molar-refractivity contribution is 7.99. The Kier molecular flexibility index (Phi) is 10.8. The Morgan fingerprint density at radius 2 is 1.87 bits per heavy atom. The van der Waals surface area contributed by atoms with Gasteiger partial charge in [-0.05, 0) is 49.4 Å². The van der Waals surface area contributed by atoms with Gasteiger partial charge in [-0.3, -0.25) is 9.36 Å². The monoisotopic (exact) mass is 614 g/mol. The lowest BCUT2D eigenvalue weighted by molar-refractivity contribution is 0.102. The fraction of sp³-hybridized carbons (Fsp3) is 0.320. The number of nitrogens with one attached hydrogen (secondary N) is 2. The Bertz CT molecular complexity index is 1410. The number of aryl methyl sites for hydroxylation is 2. The molecule has 0 fully saturated rings. The van der Waals surface area contributed by atoms with Gasteiger partial charge in [-0.15, -0.1) is 0 Å². The van der Waals surface area contributed by atoms with E-state index in [1.807, 2.05) is 13.8 Å². The predicted octanol–water partition coefficient (Wildman–Crippen LogP) is 7.25. The summed E-state index contributed by atoms with van der Waals surface area (Å²) in [5, 5.41) is 20.4. The zero-order valence-corrected chi connectivity index (χ0v) is 24.6. The van der Waals surface area contributed by atoms with E-state index in [2.05, 4.69) is 21.6 Å². The van der Waals surface area contributed by atoms with E-state index in [0.29, 0.717) is 46.2 Å². The zero-order chi connectivity index (χ0) is 28.7. The summed E-state index contributed by atoms with van der Waals surface area (Å²) in [6.45, 7) is 6.28. The van der Waals surface area contributed by atoms with E-state index in [1.54, 1.807) is 23.7 Å². The molecule has 1 heterocycles. The Morgan fingerprint density at radius 3 is 2.44 bits per heavy atom. The number of rotatable bonds is 12. The molecule has 1 unspecified atom stereocenters. The molecule has 1 amide bonds. The Hall–Kier alpha value is -2.61. The summed E-state index contributed by atoms with van der Waals surface area (Å²) >= 11 is 12.7. The number of halogens is 4. The van der Waals surface area contributed by atoms with Crippen molar-refractivity contribution in [3.63, 3.8) is 0 Å². The minimum Gasteiger partial charge on any atom is -0.321 e. The van der Waals surface area contributed by atoms with Gasteiger partial charge in [0.15, 0.2) is 0 Å². The molecule has 3 rings (SSSR count). The average molecular weight is 615 g/mol. The lowest BCUT2D eigenvalue weighted by Crippen LogP contribution is -2.33. The largest absolute Gasteiger partial charge is 0.321 e. The summed E-state index contributed by atoms with van der Waals surface area (Å²) < 4.78 is 43.7. The maximum atomic E-state index is 14.9. The van der Waals surface area contributed by atoms with Gasteiger partial charge >= 0.3 is 0 Å². The molecule has 0 radical (unpaired) electrons. The summed E-state index contributed by atoms with van der Waals surface area (Å²) in [4.78, 5) is 13.7. The van der Waals surface area contributed by atoms with Gasteiger partial charge in [0.1, 0.15) is 11.1 Å². The van der Waals surface area contributed by atoms with Crippen LogP contribution in [0.2, 0.25) is 10.0 Å². The normalized spacial score (nSPS) is 12.8.